The Balaban J connectivity index is 1.30. The van der Waals surface area contributed by atoms with Crippen molar-refractivity contribution in [2.75, 3.05) is 37.2 Å². The number of methoxy groups -OCH3 is 1. The van der Waals surface area contributed by atoms with Crippen molar-refractivity contribution in [1.82, 2.24) is 29.5 Å². The number of likely N-dealkylation sites (N-methyl/N-ethyl adjacent to an activating group) is 1. The van der Waals surface area contributed by atoms with E-state index in [0.29, 0.717) is 34.3 Å². The molecule has 0 atom stereocenters. The highest BCUT2D eigenvalue weighted by Crippen LogP contribution is 2.47. The van der Waals surface area contributed by atoms with Crippen molar-refractivity contribution >= 4 is 17.4 Å². The molecule has 1 saturated heterocycles. The summed E-state index contributed by atoms with van der Waals surface area (Å²) in [6, 6.07) is 4.21. The third kappa shape index (κ3) is 4.36. The van der Waals surface area contributed by atoms with E-state index in [0.717, 1.165) is 29.3 Å². The van der Waals surface area contributed by atoms with Crippen LogP contribution in [0, 0.1) is 5.82 Å². The van der Waals surface area contributed by atoms with E-state index in [-0.39, 0.29) is 43.0 Å². The van der Waals surface area contributed by atoms with Crippen molar-refractivity contribution in [3.8, 4) is 28.7 Å². The van der Waals surface area contributed by atoms with Gasteiger partial charge in [0.1, 0.15) is 29.2 Å². The number of hydrogen-bond acceptors (Lipinski definition) is 9. The first-order valence-electron chi connectivity index (χ1n) is 13.8. The highest BCUT2D eigenvalue weighted by Gasteiger charge is 2.56. The third-order valence-corrected chi connectivity index (χ3v) is 8.27. The molecule has 11 nitrogen and oxygen atoms in total. The maximum absolute atomic E-state index is 15.5. The second kappa shape index (κ2) is 9.94. The van der Waals surface area contributed by atoms with Crippen LogP contribution in [0.3, 0.4) is 0 Å². The first-order valence-corrected chi connectivity index (χ1v) is 13.8. The molecule has 0 bridgehead atoms. The van der Waals surface area contributed by atoms with Crippen molar-refractivity contribution in [2.45, 2.75) is 37.0 Å². The molecule has 1 aromatic carbocycles. The molecule has 3 aromatic heterocycles. The monoisotopic (exact) mass is 610 g/mol. The number of carbonyl (C=O) groups is 1. The summed E-state index contributed by atoms with van der Waals surface area (Å²) in [5.41, 5.74) is -0.0282. The number of halogens is 4. The van der Waals surface area contributed by atoms with E-state index < -0.39 is 23.2 Å². The van der Waals surface area contributed by atoms with Gasteiger partial charge in [-0.1, -0.05) is 6.07 Å². The van der Waals surface area contributed by atoms with Gasteiger partial charge in [-0.05, 0) is 30.5 Å². The summed E-state index contributed by atoms with van der Waals surface area (Å²) in [7, 11) is 4.52. The number of aromatic nitrogens is 6. The van der Waals surface area contributed by atoms with Crippen molar-refractivity contribution in [3.05, 3.63) is 59.7 Å². The Kier molecular flexibility index (Phi) is 6.35. The summed E-state index contributed by atoms with van der Waals surface area (Å²) in [5.74, 6) is 0.175. The summed E-state index contributed by atoms with van der Waals surface area (Å²) >= 11 is 0. The maximum Gasteiger partial charge on any atom is 0.434 e. The molecule has 2 aliphatic heterocycles. The molecule has 1 saturated carbocycles. The topological polar surface area (TPSA) is 111 Å². The van der Waals surface area contributed by atoms with E-state index in [4.69, 9.17) is 14.5 Å². The highest BCUT2D eigenvalue weighted by molar-refractivity contribution is 6.08. The second-order valence-electron chi connectivity index (χ2n) is 11.2. The van der Waals surface area contributed by atoms with Crippen LogP contribution in [-0.4, -0.2) is 68.3 Å². The quantitative estimate of drug-likeness (QED) is 0.298. The minimum Gasteiger partial charge on any atom is -0.480 e. The van der Waals surface area contributed by atoms with Crippen molar-refractivity contribution in [2.24, 2.45) is 7.05 Å². The van der Waals surface area contributed by atoms with E-state index in [1.54, 1.807) is 24.2 Å². The molecule has 1 aliphatic carbocycles. The fraction of sp³-hybridized carbons (Fsp3) is 0.379. The Hall–Kier alpha value is -4.66. The van der Waals surface area contributed by atoms with E-state index in [1.165, 1.54) is 37.5 Å². The molecular formula is C29H26F4N8O3. The highest BCUT2D eigenvalue weighted by atomic mass is 19.4. The lowest BCUT2D eigenvalue weighted by atomic mass is 9.89. The number of hydrogen-bond donors (Lipinski definition) is 0. The minimum atomic E-state index is -4.66. The predicted octanol–water partition coefficient (Wildman–Crippen LogP) is 4.13. The lowest BCUT2D eigenvalue weighted by molar-refractivity contribution is -0.142. The number of imidazole rings is 1. The van der Waals surface area contributed by atoms with E-state index in [9.17, 15) is 18.0 Å². The van der Waals surface area contributed by atoms with Gasteiger partial charge in [0.05, 0.1) is 37.8 Å². The zero-order valence-corrected chi connectivity index (χ0v) is 23.9. The molecule has 3 aliphatic rings. The Morgan fingerprint density at radius 2 is 1.89 bits per heavy atom. The molecule has 0 radical (unpaired) electrons. The lowest BCUT2D eigenvalue weighted by Crippen LogP contribution is -2.72. The van der Waals surface area contributed by atoms with Gasteiger partial charge in [-0.25, -0.2) is 29.3 Å². The van der Waals surface area contributed by atoms with Crippen LogP contribution in [0.15, 0.2) is 36.9 Å². The predicted molar refractivity (Wildman–Crippen MR) is 148 cm³/mol. The SMILES string of the molecule is COc1ncnc(C2CC2)c1-c1ncc2c(n1)N(Cc1ccc(-c3nc(C(F)(F)F)cn3C)c(F)c1)C1(COC1)C(=O)N2C. The van der Waals surface area contributed by atoms with Crippen LogP contribution in [0.1, 0.15) is 35.7 Å². The van der Waals surface area contributed by atoms with Gasteiger partial charge >= 0.3 is 6.18 Å². The van der Waals surface area contributed by atoms with Gasteiger partial charge in [0.2, 0.25) is 5.88 Å². The van der Waals surface area contributed by atoms with Gasteiger partial charge in [-0.15, -0.1) is 0 Å². The molecular weight excluding hydrogens is 584 g/mol. The molecule has 15 heteroatoms. The van der Waals surface area contributed by atoms with Crippen molar-refractivity contribution in [3.63, 3.8) is 0 Å². The molecule has 2 fully saturated rings. The first-order chi connectivity index (χ1) is 21.0. The largest absolute Gasteiger partial charge is 0.480 e. The number of anilines is 2. The Bertz CT molecular complexity index is 1800. The average molecular weight is 611 g/mol. The van der Waals surface area contributed by atoms with Crippen LogP contribution < -0.4 is 14.5 Å². The molecule has 44 heavy (non-hydrogen) atoms. The summed E-state index contributed by atoms with van der Waals surface area (Å²) < 4.78 is 67.3. The molecule has 0 unspecified atom stereocenters. The minimum absolute atomic E-state index is 0.0515. The zero-order valence-electron chi connectivity index (χ0n) is 23.9. The second-order valence-corrected chi connectivity index (χ2v) is 11.2. The number of rotatable bonds is 6. The molecule has 1 spiro atoms. The summed E-state index contributed by atoms with van der Waals surface area (Å²) in [5, 5.41) is 0. The van der Waals surface area contributed by atoms with E-state index in [2.05, 4.69) is 19.9 Å². The molecule has 0 N–H and O–H groups in total. The van der Waals surface area contributed by atoms with Crippen LogP contribution in [-0.2, 0) is 29.3 Å². The third-order valence-electron chi connectivity index (χ3n) is 8.27. The van der Waals surface area contributed by atoms with Gasteiger partial charge in [0.25, 0.3) is 5.91 Å². The standard InChI is InChI=1S/C29H26F4N8O3/c1-39-11-20(29(31,32)33)37-24(39)17-7-4-15(8-18(17)30)10-41-25-19(40(2)27(42)28(41)12-44-13-28)9-34-23(38-25)21-22(16-5-6-16)35-14-36-26(21)43-3/h4,7-9,11,14,16H,5-6,10,12-13H2,1-3H3. The average Bonchev–Trinajstić information content (AvgIpc) is 3.75. The van der Waals surface area contributed by atoms with Crippen molar-refractivity contribution in [1.29, 1.82) is 0 Å². The van der Waals surface area contributed by atoms with Crippen molar-refractivity contribution < 1.29 is 31.8 Å². The van der Waals surface area contributed by atoms with E-state index >= 15 is 4.39 Å². The number of aryl methyl sites for hydroxylation is 1. The van der Waals surface area contributed by atoms with Gasteiger partial charge in [-0.2, -0.15) is 13.2 Å². The van der Waals surface area contributed by atoms with Gasteiger partial charge in [0.15, 0.2) is 22.9 Å². The normalized spacial score (nSPS) is 17.6. The number of alkyl halides is 3. The Morgan fingerprint density at radius 1 is 1.11 bits per heavy atom. The molecule has 4 aromatic rings. The van der Waals surface area contributed by atoms with Crippen LogP contribution in [0.5, 0.6) is 5.88 Å². The van der Waals surface area contributed by atoms with Crippen LogP contribution in [0.4, 0.5) is 29.1 Å². The molecule has 1 amide bonds. The summed E-state index contributed by atoms with van der Waals surface area (Å²) in [4.78, 5) is 38.8. The van der Waals surface area contributed by atoms with E-state index in [1.807, 2.05) is 0 Å². The number of nitrogens with zero attached hydrogens (tertiary/aromatic N) is 8. The van der Waals surface area contributed by atoms with Gasteiger partial charge in [-0.3, -0.25) is 4.79 Å². The Morgan fingerprint density at radius 3 is 2.50 bits per heavy atom. The fourth-order valence-corrected chi connectivity index (χ4v) is 5.75. The molecule has 228 valence electrons. The molecule has 5 heterocycles. The number of benzene rings is 1. The molecule has 7 rings (SSSR count). The van der Waals surface area contributed by atoms with Gasteiger partial charge < -0.3 is 23.8 Å². The summed E-state index contributed by atoms with van der Waals surface area (Å²) in [6.45, 7) is 0.234. The Labute approximate surface area is 248 Å². The number of fused-ring (bicyclic) bond motifs is 1. The number of amides is 1. The number of carbonyl (C=O) groups excluding carboxylic acids is 1. The maximum atomic E-state index is 15.5. The number of ether oxygens (including phenoxy) is 2. The van der Waals surface area contributed by atoms with Crippen LogP contribution in [0.25, 0.3) is 22.8 Å². The fourth-order valence-electron chi connectivity index (χ4n) is 5.75. The smallest absolute Gasteiger partial charge is 0.434 e. The lowest BCUT2D eigenvalue weighted by Gasteiger charge is -2.53. The zero-order chi connectivity index (χ0) is 31.0. The first kappa shape index (κ1) is 28.1. The summed E-state index contributed by atoms with van der Waals surface area (Å²) in [6.07, 6.45) is 1.10. The van der Waals surface area contributed by atoms with Crippen LogP contribution >= 0.6 is 0 Å². The van der Waals surface area contributed by atoms with Crippen LogP contribution in [0.2, 0.25) is 0 Å². The van der Waals surface area contributed by atoms with Gasteiger partial charge in [0, 0.05) is 32.8 Å².